The first-order chi connectivity index (χ1) is 11.0. The van der Waals surface area contributed by atoms with Gasteiger partial charge in [-0.3, -0.25) is 0 Å². The van der Waals surface area contributed by atoms with E-state index in [-0.39, 0.29) is 0 Å². The first kappa shape index (κ1) is 18.6. The summed E-state index contributed by atoms with van der Waals surface area (Å²) in [5.41, 5.74) is 4.11. The van der Waals surface area contributed by atoms with Gasteiger partial charge >= 0.3 is 0 Å². The van der Waals surface area contributed by atoms with E-state index in [0.29, 0.717) is 10.8 Å². The zero-order valence-electron chi connectivity index (χ0n) is 16.3. The highest BCUT2D eigenvalue weighted by Gasteiger charge is 2.55. The van der Waals surface area contributed by atoms with Crippen molar-refractivity contribution in [2.45, 2.75) is 104 Å². The zero-order valence-corrected chi connectivity index (χ0v) is 16.3. The fraction of sp³-hybridized carbons (Fsp3) is 0.739. The van der Waals surface area contributed by atoms with Gasteiger partial charge in [-0.2, -0.15) is 0 Å². The highest BCUT2D eigenvalue weighted by molar-refractivity contribution is 5.46. The lowest BCUT2D eigenvalue weighted by Gasteiger charge is -2.47. The summed E-state index contributed by atoms with van der Waals surface area (Å²) in [4.78, 5) is 0. The molecule has 1 atom stereocenters. The van der Waals surface area contributed by atoms with Crippen LogP contribution in [0.3, 0.4) is 0 Å². The molecule has 1 aromatic rings. The predicted octanol–water partition coefficient (Wildman–Crippen LogP) is 7.62. The molecule has 0 radical (unpaired) electrons. The van der Waals surface area contributed by atoms with Crippen LogP contribution in [0, 0.1) is 5.41 Å². The average Bonchev–Trinajstić information content (AvgIpc) is 2.74. The highest BCUT2D eigenvalue weighted by Crippen LogP contribution is 2.64. The maximum Gasteiger partial charge on any atom is -0.00385 e. The standard InChI is InChI=1S/C23H38/c1-6-9-15-21-19-14-12-13-16-20(19)22(4,5)23(21,17-10-7-2)18-11-8-3/h12-14,16,21H,6-11,15,17-18H2,1-5H3. The molecule has 130 valence electrons. The van der Waals surface area contributed by atoms with E-state index in [1.165, 1.54) is 57.8 Å². The molecule has 0 heterocycles. The van der Waals surface area contributed by atoms with Crippen LogP contribution in [0.1, 0.15) is 109 Å². The highest BCUT2D eigenvalue weighted by atomic mass is 14.6. The Morgan fingerprint density at radius 3 is 1.96 bits per heavy atom. The Bertz CT molecular complexity index is 475. The summed E-state index contributed by atoms with van der Waals surface area (Å²) in [7, 11) is 0. The van der Waals surface area contributed by atoms with Crippen molar-refractivity contribution in [3.63, 3.8) is 0 Å². The van der Waals surface area contributed by atoms with E-state index in [9.17, 15) is 0 Å². The second kappa shape index (κ2) is 7.86. The lowest BCUT2D eigenvalue weighted by molar-refractivity contribution is 0.0880. The summed E-state index contributed by atoms with van der Waals surface area (Å²) in [6.45, 7) is 12.1. The second-order valence-corrected chi connectivity index (χ2v) is 8.27. The molecule has 1 aliphatic rings. The summed E-state index contributed by atoms with van der Waals surface area (Å²) < 4.78 is 0. The van der Waals surface area contributed by atoms with Crippen LogP contribution < -0.4 is 0 Å². The summed E-state index contributed by atoms with van der Waals surface area (Å²) in [6.07, 6.45) is 12.3. The molecule has 0 fully saturated rings. The van der Waals surface area contributed by atoms with Crippen molar-refractivity contribution in [1.29, 1.82) is 0 Å². The van der Waals surface area contributed by atoms with Crippen LogP contribution in [0.4, 0.5) is 0 Å². The molecule has 0 bridgehead atoms. The van der Waals surface area contributed by atoms with Gasteiger partial charge in [-0.15, -0.1) is 0 Å². The van der Waals surface area contributed by atoms with E-state index in [4.69, 9.17) is 0 Å². The minimum Gasteiger partial charge on any atom is -0.0654 e. The largest absolute Gasteiger partial charge is 0.0654 e. The van der Waals surface area contributed by atoms with Crippen molar-refractivity contribution in [3.8, 4) is 0 Å². The number of benzene rings is 1. The lowest BCUT2D eigenvalue weighted by atomic mass is 9.57. The summed E-state index contributed by atoms with van der Waals surface area (Å²) in [5.74, 6) is 0.770. The molecule has 1 aromatic carbocycles. The smallest absolute Gasteiger partial charge is 0.00385 e. The van der Waals surface area contributed by atoms with Crippen LogP contribution in [-0.2, 0) is 5.41 Å². The summed E-state index contributed by atoms with van der Waals surface area (Å²) in [5, 5.41) is 0. The van der Waals surface area contributed by atoms with Gasteiger partial charge in [0.2, 0.25) is 0 Å². The van der Waals surface area contributed by atoms with Crippen molar-refractivity contribution in [1.82, 2.24) is 0 Å². The number of hydrogen-bond acceptors (Lipinski definition) is 0. The Kier molecular flexibility index (Phi) is 6.34. The number of hydrogen-bond donors (Lipinski definition) is 0. The molecule has 0 N–H and O–H groups in total. The van der Waals surface area contributed by atoms with Crippen LogP contribution in [0.5, 0.6) is 0 Å². The van der Waals surface area contributed by atoms with Crippen LogP contribution in [0.15, 0.2) is 24.3 Å². The van der Waals surface area contributed by atoms with E-state index < -0.39 is 0 Å². The fourth-order valence-corrected chi connectivity index (χ4v) is 5.29. The molecule has 1 aliphatic carbocycles. The molecule has 0 aliphatic heterocycles. The minimum absolute atomic E-state index is 0.312. The van der Waals surface area contributed by atoms with Gasteiger partial charge in [-0.05, 0) is 47.1 Å². The molecular weight excluding hydrogens is 276 g/mol. The van der Waals surface area contributed by atoms with Gasteiger partial charge in [0.1, 0.15) is 0 Å². The van der Waals surface area contributed by atoms with Crippen molar-refractivity contribution in [2.24, 2.45) is 5.41 Å². The van der Waals surface area contributed by atoms with Gasteiger partial charge in [-0.25, -0.2) is 0 Å². The van der Waals surface area contributed by atoms with Gasteiger partial charge in [-0.1, -0.05) is 97.4 Å². The van der Waals surface area contributed by atoms with Crippen LogP contribution in [0.2, 0.25) is 0 Å². The Hall–Kier alpha value is -0.780. The number of unbranched alkanes of at least 4 members (excludes halogenated alkanes) is 3. The maximum absolute atomic E-state index is 2.54. The van der Waals surface area contributed by atoms with E-state index in [0.717, 1.165) is 5.92 Å². The fourth-order valence-electron chi connectivity index (χ4n) is 5.29. The van der Waals surface area contributed by atoms with E-state index in [2.05, 4.69) is 58.9 Å². The van der Waals surface area contributed by atoms with Crippen molar-refractivity contribution in [2.75, 3.05) is 0 Å². The van der Waals surface area contributed by atoms with Gasteiger partial charge in [0, 0.05) is 0 Å². The molecule has 0 spiro atoms. The normalized spacial score (nSPS) is 21.3. The summed E-state index contributed by atoms with van der Waals surface area (Å²) >= 11 is 0. The second-order valence-electron chi connectivity index (χ2n) is 8.27. The van der Waals surface area contributed by atoms with Gasteiger partial charge in [0.15, 0.2) is 0 Å². The van der Waals surface area contributed by atoms with E-state index in [1.54, 1.807) is 11.1 Å². The molecule has 0 amide bonds. The molecule has 0 nitrogen and oxygen atoms in total. The predicted molar refractivity (Wildman–Crippen MR) is 103 cm³/mol. The molecule has 0 saturated heterocycles. The third-order valence-corrected chi connectivity index (χ3v) is 6.72. The van der Waals surface area contributed by atoms with Crippen LogP contribution in [0.25, 0.3) is 0 Å². The van der Waals surface area contributed by atoms with Crippen molar-refractivity contribution >= 4 is 0 Å². The average molecular weight is 315 g/mol. The van der Waals surface area contributed by atoms with Crippen molar-refractivity contribution < 1.29 is 0 Å². The molecule has 1 unspecified atom stereocenters. The molecule has 23 heavy (non-hydrogen) atoms. The molecule has 0 aromatic heterocycles. The Morgan fingerprint density at radius 1 is 0.826 bits per heavy atom. The third-order valence-electron chi connectivity index (χ3n) is 6.72. The van der Waals surface area contributed by atoms with Gasteiger partial charge in [0.25, 0.3) is 0 Å². The summed E-state index contributed by atoms with van der Waals surface area (Å²) in [6, 6.07) is 9.39. The van der Waals surface area contributed by atoms with Gasteiger partial charge in [0.05, 0.1) is 0 Å². The Labute approximate surface area is 145 Å². The SMILES string of the molecule is CCCCC1c2ccccc2C(C)(C)C1(CCCC)CCCC. The molecule has 2 rings (SSSR count). The quantitative estimate of drug-likeness (QED) is 0.440. The maximum atomic E-state index is 2.54. The number of rotatable bonds is 9. The molecular formula is C23H38. The zero-order chi connectivity index (χ0) is 16.9. The minimum atomic E-state index is 0.312. The molecule has 0 saturated carbocycles. The van der Waals surface area contributed by atoms with Gasteiger partial charge < -0.3 is 0 Å². The van der Waals surface area contributed by atoms with Crippen LogP contribution in [-0.4, -0.2) is 0 Å². The monoisotopic (exact) mass is 314 g/mol. The Morgan fingerprint density at radius 2 is 1.39 bits per heavy atom. The molecule has 0 heteroatoms. The van der Waals surface area contributed by atoms with Crippen LogP contribution >= 0.6 is 0 Å². The Balaban J connectivity index is 2.49. The lowest BCUT2D eigenvalue weighted by Crippen LogP contribution is -2.40. The van der Waals surface area contributed by atoms with E-state index in [1.807, 2.05) is 0 Å². The number of fused-ring (bicyclic) bond motifs is 1. The topological polar surface area (TPSA) is 0 Å². The van der Waals surface area contributed by atoms with Crippen molar-refractivity contribution in [3.05, 3.63) is 35.4 Å². The third kappa shape index (κ3) is 3.24. The van der Waals surface area contributed by atoms with E-state index >= 15 is 0 Å². The first-order valence-corrected chi connectivity index (χ1v) is 10.1. The first-order valence-electron chi connectivity index (χ1n) is 10.1.